The number of benzene rings is 1. The average Bonchev–Trinajstić information content (AvgIpc) is 2.30. The van der Waals surface area contributed by atoms with Crippen LogP contribution in [0, 0.1) is 10.1 Å². The molecule has 0 aliphatic rings. The molecule has 0 spiro atoms. The second-order valence-electron chi connectivity index (χ2n) is 3.63. The zero-order chi connectivity index (χ0) is 12.8. The van der Waals surface area contributed by atoms with Crippen molar-refractivity contribution in [3.63, 3.8) is 0 Å². The summed E-state index contributed by atoms with van der Waals surface area (Å²) in [5.74, 6) is 0. The van der Waals surface area contributed by atoms with Gasteiger partial charge >= 0.3 is 0 Å². The van der Waals surface area contributed by atoms with E-state index in [1.54, 1.807) is 6.07 Å². The topological polar surface area (TPSA) is 66.6 Å². The summed E-state index contributed by atoms with van der Waals surface area (Å²) in [5.41, 5.74) is 0.816. The van der Waals surface area contributed by atoms with E-state index in [1.165, 1.54) is 12.1 Å². The molecule has 0 aromatic heterocycles. The summed E-state index contributed by atoms with van der Waals surface area (Å²) in [7, 11) is 0. The predicted molar refractivity (Wildman–Crippen MR) is 66.1 cm³/mol. The second-order valence-corrected chi connectivity index (χ2v) is 4.03. The van der Waals surface area contributed by atoms with Crippen LogP contribution in [0.3, 0.4) is 0 Å². The standard InChI is InChI=1S/C11H15ClN2O3/c1-2-13(5-6-15)8-9-3-4-10(14(16)17)7-11(9)12/h3-4,7,15H,2,5-6,8H2,1H3. The van der Waals surface area contributed by atoms with Crippen LogP contribution >= 0.6 is 11.6 Å². The number of aliphatic hydroxyl groups excluding tert-OH is 1. The smallest absolute Gasteiger partial charge is 0.270 e. The first-order chi connectivity index (χ1) is 8.08. The number of aliphatic hydroxyl groups is 1. The Bertz CT molecular complexity index is 398. The number of nitro groups is 1. The van der Waals surface area contributed by atoms with E-state index in [9.17, 15) is 10.1 Å². The van der Waals surface area contributed by atoms with Crippen molar-refractivity contribution in [2.75, 3.05) is 19.7 Å². The molecule has 0 atom stereocenters. The molecular formula is C11H15ClN2O3. The SMILES string of the molecule is CCN(CCO)Cc1ccc([N+](=O)[O-])cc1Cl. The summed E-state index contributed by atoms with van der Waals surface area (Å²) in [6.07, 6.45) is 0. The van der Waals surface area contributed by atoms with Crippen molar-refractivity contribution < 1.29 is 10.0 Å². The molecule has 0 amide bonds. The van der Waals surface area contributed by atoms with E-state index < -0.39 is 4.92 Å². The maximum absolute atomic E-state index is 10.5. The molecule has 1 aromatic rings. The molecule has 0 aliphatic carbocycles. The molecule has 0 unspecified atom stereocenters. The van der Waals surface area contributed by atoms with Gasteiger partial charge in [0.05, 0.1) is 16.6 Å². The molecule has 94 valence electrons. The lowest BCUT2D eigenvalue weighted by Gasteiger charge is -2.19. The van der Waals surface area contributed by atoms with E-state index in [2.05, 4.69) is 0 Å². The fourth-order valence-electron chi connectivity index (χ4n) is 1.51. The quantitative estimate of drug-likeness (QED) is 0.627. The van der Waals surface area contributed by atoms with Gasteiger partial charge in [-0.15, -0.1) is 0 Å². The molecule has 0 bridgehead atoms. The van der Waals surface area contributed by atoms with Crippen LogP contribution in [-0.4, -0.2) is 34.6 Å². The molecule has 0 aliphatic heterocycles. The maximum Gasteiger partial charge on any atom is 0.270 e. The number of nitro benzene ring substituents is 1. The number of hydrogen-bond acceptors (Lipinski definition) is 4. The van der Waals surface area contributed by atoms with Crippen molar-refractivity contribution in [2.45, 2.75) is 13.5 Å². The van der Waals surface area contributed by atoms with Gasteiger partial charge in [0.15, 0.2) is 0 Å². The first-order valence-corrected chi connectivity index (χ1v) is 5.72. The van der Waals surface area contributed by atoms with Crippen LogP contribution in [-0.2, 0) is 6.54 Å². The minimum absolute atomic E-state index is 0.0102. The van der Waals surface area contributed by atoms with Gasteiger partial charge in [0.25, 0.3) is 5.69 Å². The third kappa shape index (κ3) is 3.96. The van der Waals surface area contributed by atoms with E-state index in [1.807, 2.05) is 11.8 Å². The number of hydrogen-bond donors (Lipinski definition) is 1. The fourth-order valence-corrected chi connectivity index (χ4v) is 1.74. The van der Waals surface area contributed by atoms with Crippen molar-refractivity contribution >= 4 is 17.3 Å². The number of rotatable bonds is 6. The Balaban J connectivity index is 2.81. The molecule has 1 N–H and O–H groups in total. The van der Waals surface area contributed by atoms with E-state index in [4.69, 9.17) is 16.7 Å². The van der Waals surface area contributed by atoms with Crippen LogP contribution in [0.25, 0.3) is 0 Å². The highest BCUT2D eigenvalue weighted by Gasteiger charge is 2.11. The zero-order valence-electron chi connectivity index (χ0n) is 9.60. The van der Waals surface area contributed by atoms with Gasteiger partial charge in [-0.25, -0.2) is 0 Å². The molecule has 17 heavy (non-hydrogen) atoms. The van der Waals surface area contributed by atoms with Gasteiger partial charge in [-0.1, -0.05) is 18.5 Å². The van der Waals surface area contributed by atoms with Crippen LogP contribution in [0.5, 0.6) is 0 Å². The number of halogens is 1. The Labute approximate surface area is 105 Å². The highest BCUT2D eigenvalue weighted by atomic mass is 35.5. The molecule has 5 nitrogen and oxygen atoms in total. The fraction of sp³-hybridized carbons (Fsp3) is 0.455. The lowest BCUT2D eigenvalue weighted by atomic mass is 10.2. The van der Waals surface area contributed by atoms with Crippen molar-refractivity contribution in [2.24, 2.45) is 0 Å². The van der Waals surface area contributed by atoms with E-state index >= 15 is 0 Å². The average molecular weight is 259 g/mol. The highest BCUT2D eigenvalue weighted by molar-refractivity contribution is 6.31. The largest absolute Gasteiger partial charge is 0.395 e. The Hall–Kier alpha value is -1.17. The van der Waals surface area contributed by atoms with Crippen LogP contribution in [0.2, 0.25) is 5.02 Å². The van der Waals surface area contributed by atoms with Crippen LogP contribution in [0.15, 0.2) is 18.2 Å². The Kier molecular flexibility index (Phi) is 5.34. The molecule has 0 fully saturated rings. The maximum atomic E-state index is 10.5. The third-order valence-electron chi connectivity index (χ3n) is 2.50. The van der Waals surface area contributed by atoms with Crippen molar-refractivity contribution in [1.29, 1.82) is 0 Å². The van der Waals surface area contributed by atoms with E-state index in [0.717, 1.165) is 12.1 Å². The summed E-state index contributed by atoms with van der Waals surface area (Å²) in [6.45, 7) is 3.99. The Morgan fingerprint density at radius 3 is 2.71 bits per heavy atom. The summed E-state index contributed by atoms with van der Waals surface area (Å²) in [5, 5.41) is 19.8. The molecule has 0 saturated carbocycles. The van der Waals surface area contributed by atoms with Crippen LogP contribution < -0.4 is 0 Å². The molecule has 1 rings (SSSR count). The van der Waals surface area contributed by atoms with Gasteiger partial charge < -0.3 is 5.11 Å². The van der Waals surface area contributed by atoms with Crippen LogP contribution in [0.1, 0.15) is 12.5 Å². The molecule has 0 radical (unpaired) electrons. The second kappa shape index (κ2) is 6.54. The minimum Gasteiger partial charge on any atom is -0.395 e. The summed E-state index contributed by atoms with van der Waals surface area (Å²) < 4.78 is 0. The van der Waals surface area contributed by atoms with Gasteiger partial charge in [-0.3, -0.25) is 15.0 Å². The van der Waals surface area contributed by atoms with Crippen molar-refractivity contribution in [3.05, 3.63) is 38.9 Å². The van der Waals surface area contributed by atoms with E-state index in [0.29, 0.717) is 18.1 Å². The molecule has 0 saturated heterocycles. The van der Waals surface area contributed by atoms with Crippen molar-refractivity contribution in [1.82, 2.24) is 4.90 Å². The first kappa shape index (κ1) is 13.9. The number of non-ortho nitro benzene ring substituents is 1. The lowest BCUT2D eigenvalue weighted by Crippen LogP contribution is -2.26. The number of nitrogens with zero attached hydrogens (tertiary/aromatic N) is 2. The third-order valence-corrected chi connectivity index (χ3v) is 2.86. The summed E-state index contributed by atoms with van der Waals surface area (Å²) >= 11 is 5.98. The molecule has 1 aromatic carbocycles. The normalized spacial score (nSPS) is 10.8. The summed E-state index contributed by atoms with van der Waals surface area (Å²) in [6, 6.07) is 4.44. The van der Waals surface area contributed by atoms with Gasteiger partial charge in [0.2, 0.25) is 0 Å². The molecular weight excluding hydrogens is 244 g/mol. The minimum atomic E-state index is -0.471. The van der Waals surface area contributed by atoms with Gasteiger partial charge in [0.1, 0.15) is 0 Å². The lowest BCUT2D eigenvalue weighted by molar-refractivity contribution is -0.384. The zero-order valence-corrected chi connectivity index (χ0v) is 10.4. The number of likely N-dealkylation sites (N-methyl/N-ethyl adjacent to an activating group) is 1. The highest BCUT2D eigenvalue weighted by Crippen LogP contribution is 2.23. The first-order valence-electron chi connectivity index (χ1n) is 5.34. The molecule has 0 heterocycles. The predicted octanol–water partition coefficient (Wildman–Crippen LogP) is 2.06. The van der Waals surface area contributed by atoms with Gasteiger partial charge in [-0.05, 0) is 18.2 Å². The van der Waals surface area contributed by atoms with Crippen molar-refractivity contribution in [3.8, 4) is 0 Å². The van der Waals surface area contributed by atoms with Gasteiger partial charge in [-0.2, -0.15) is 0 Å². The monoisotopic (exact) mass is 258 g/mol. The van der Waals surface area contributed by atoms with Crippen LogP contribution in [0.4, 0.5) is 5.69 Å². The van der Waals surface area contributed by atoms with Gasteiger partial charge in [0, 0.05) is 25.2 Å². The molecule has 6 heteroatoms. The Morgan fingerprint density at radius 1 is 1.53 bits per heavy atom. The summed E-state index contributed by atoms with van der Waals surface area (Å²) in [4.78, 5) is 12.1. The van der Waals surface area contributed by atoms with E-state index in [-0.39, 0.29) is 12.3 Å². The Morgan fingerprint density at radius 2 is 2.24 bits per heavy atom.